The van der Waals surface area contributed by atoms with Crippen LogP contribution >= 0.6 is 0 Å². The number of hydrogen-bond acceptors (Lipinski definition) is 4. The number of nitrogens with zero attached hydrogens (tertiary/aromatic N) is 1. The van der Waals surface area contributed by atoms with Gasteiger partial charge in [0.05, 0.1) is 6.54 Å². The summed E-state index contributed by atoms with van der Waals surface area (Å²) in [5, 5.41) is 5.11. The van der Waals surface area contributed by atoms with Gasteiger partial charge in [0.1, 0.15) is 0 Å². The van der Waals surface area contributed by atoms with E-state index in [0.717, 1.165) is 18.4 Å². The highest BCUT2D eigenvalue weighted by molar-refractivity contribution is 5.98. The summed E-state index contributed by atoms with van der Waals surface area (Å²) in [6.07, 6.45) is 3.49. The molecule has 4 rings (SSSR count). The Morgan fingerprint density at radius 3 is 2.44 bits per heavy atom. The predicted octanol–water partition coefficient (Wildman–Crippen LogP) is 2.62. The second-order valence-electron chi connectivity index (χ2n) is 9.38. The number of piperidine rings is 3. The summed E-state index contributed by atoms with van der Waals surface area (Å²) in [4.78, 5) is 37.6. The number of nitrogens with one attached hydrogen (secondary N) is 2. The van der Waals surface area contributed by atoms with Crippen LogP contribution in [0.3, 0.4) is 0 Å². The van der Waals surface area contributed by atoms with E-state index in [2.05, 4.69) is 22.8 Å². The minimum atomic E-state index is -2.82. The molecule has 8 heteroatoms. The molecule has 3 fully saturated rings. The first-order valence-corrected chi connectivity index (χ1v) is 11.6. The van der Waals surface area contributed by atoms with Gasteiger partial charge in [0.25, 0.3) is 5.92 Å². The van der Waals surface area contributed by atoms with E-state index in [-0.39, 0.29) is 36.6 Å². The standard InChI is InChI=1S/C24H31F2N3O3/c25-24(26)15-27-10-7-20(24)14-22(31)29-11-8-18(9-12-29)17-3-1-16(2-4-17)13-19-5-6-21(30)28-23(19)32/h1-4,18-20,27H,5-15H2,(H,28,30,32). The lowest BCUT2D eigenvalue weighted by Crippen LogP contribution is -2.48. The molecule has 1 aromatic rings. The van der Waals surface area contributed by atoms with E-state index in [9.17, 15) is 23.2 Å². The second-order valence-corrected chi connectivity index (χ2v) is 9.38. The van der Waals surface area contributed by atoms with Crippen molar-refractivity contribution in [3.63, 3.8) is 0 Å². The number of amides is 3. The van der Waals surface area contributed by atoms with Gasteiger partial charge in [-0.15, -0.1) is 0 Å². The van der Waals surface area contributed by atoms with Crippen molar-refractivity contribution in [3.05, 3.63) is 35.4 Å². The first kappa shape index (κ1) is 22.8. The van der Waals surface area contributed by atoms with Gasteiger partial charge in [-0.05, 0) is 55.7 Å². The van der Waals surface area contributed by atoms with Crippen molar-refractivity contribution in [1.82, 2.24) is 15.5 Å². The number of halogens is 2. The molecule has 0 aliphatic carbocycles. The lowest BCUT2D eigenvalue weighted by molar-refractivity contribution is -0.140. The van der Waals surface area contributed by atoms with Gasteiger partial charge in [-0.2, -0.15) is 0 Å². The molecule has 3 saturated heterocycles. The molecular formula is C24H31F2N3O3. The molecule has 6 nitrogen and oxygen atoms in total. The normalized spacial score (nSPS) is 26.6. The topological polar surface area (TPSA) is 78.5 Å². The van der Waals surface area contributed by atoms with Crippen LogP contribution in [0.25, 0.3) is 0 Å². The van der Waals surface area contributed by atoms with Crippen LogP contribution in [0.2, 0.25) is 0 Å². The van der Waals surface area contributed by atoms with E-state index in [1.54, 1.807) is 4.90 Å². The Balaban J connectivity index is 1.26. The molecule has 1 aromatic carbocycles. The van der Waals surface area contributed by atoms with Gasteiger partial charge in [-0.25, -0.2) is 8.78 Å². The van der Waals surface area contributed by atoms with Gasteiger partial charge < -0.3 is 10.2 Å². The van der Waals surface area contributed by atoms with Crippen molar-refractivity contribution in [3.8, 4) is 0 Å². The molecule has 0 bridgehead atoms. The van der Waals surface area contributed by atoms with E-state index in [1.165, 1.54) is 5.56 Å². The minimum absolute atomic E-state index is 0.0750. The zero-order valence-corrected chi connectivity index (χ0v) is 18.2. The van der Waals surface area contributed by atoms with Crippen molar-refractivity contribution >= 4 is 17.7 Å². The average molecular weight is 448 g/mol. The quantitative estimate of drug-likeness (QED) is 0.681. The maximum atomic E-state index is 14.0. The minimum Gasteiger partial charge on any atom is -0.343 e. The third-order valence-electron chi connectivity index (χ3n) is 7.18. The molecule has 32 heavy (non-hydrogen) atoms. The summed E-state index contributed by atoms with van der Waals surface area (Å²) in [5.41, 5.74) is 2.27. The second kappa shape index (κ2) is 9.65. The van der Waals surface area contributed by atoms with Gasteiger partial charge >= 0.3 is 0 Å². The lowest BCUT2D eigenvalue weighted by atomic mass is 9.86. The molecule has 0 spiro atoms. The summed E-state index contributed by atoms with van der Waals surface area (Å²) >= 11 is 0. The smallest absolute Gasteiger partial charge is 0.263 e. The molecular weight excluding hydrogens is 416 g/mol. The first-order chi connectivity index (χ1) is 15.3. The van der Waals surface area contributed by atoms with Gasteiger partial charge in [0.2, 0.25) is 17.7 Å². The van der Waals surface area contributed by atoms with E-state index >= 15 is 0 Å². The number of imide groups is 1. The summed E-state index contributed by atoms with van der Waals surface area (Å²) in [6, 6.07) is 8.24. The molecule has 3 amide bonds. The highest BCUT2D eigenvalue weighted by Crippen LogP contribution is 2.34. The highest BCUT2D eigenvalue weighted by Gasteiger charge is 2.43. The summed E-state index contributed by atoms with van der Waals surface area (Å²) in [7, 11) is 0. The van der Waals surface area contributed by atoms with Gasteiger partial charge in [-0.3, -0.25) is 19.7 Å². The van der Waals surface area contributed by atoms with E-state index in [1.807, 2.05) is 12.1 Å². The van der Waals surface area contributed by atoms with Crippen molar-refractivity contribution in [2.45, 2.75) is 56.8 Å². The van der Waals surface area contributed by atoms with Crippen molar-refractivity contribution in [2.75, 3.05) is 26.2 Å². The first-order valence-electron chi connectivity index (χ1n) is 11.6. The predicted molar refractivity (Wildman–Crippen MR) is 115 cm³/mol. The molecule has 2 N–H and O–H groups in total. The van der Waals surface area contributed by atoms with Crippen molar-refractivity contribution < 1.29 is 23.2 Å². The SMILES string of the molecule is O=C1CCC(Cc2ccc(C3CCN(C(=O)CC4CCNCC4(F)F)CC3)cc2)C(=O)N1. The lowest BCUT2D eigenvalue weighted by Gasteiger charge is -2.36. The van der Waals surface area contributed by atoms with Gasteiger partial charge in [-0.1, -0.05) is 24.3 Å². The van der Waals surface area contributed by atoms with Crippen LogP contribution in [0.15, 0.2) is 24.3 Å². The van der Waals surface area contributed by atoms with E-state index in [4.69, 9.17) is 0 Å². The molecule has 2 atom stereocenters. The van der Waals surface area contributed by atoms with Crippen molar-refractivity contribution in [2.24, 2.45) is 11.8 Å². The zero-order valence-electron chi connectivity index (χ0n) is 18.2. The molecule has 3 aliphatic rings. The Morgan fingerprint density at radius 2 is 1.78 bits per heavy atom. The number of benzene rings is 1. The monoisotopic (exact) mass is 447 g/mol. The van der Waals surface area contributed by atoms with Crippen LogP contribution in [-0.4, -0.2) is 54.7 Å². The molecule has 0 saturated carbocycles. The maximum absolute atomic E-state index is 14.0. The highest BCUT2D eigenvalue weighted by atomic mass is 19.3. The number of carbonyl (C=O) groups is 3. The third-order valence-corrected chi connectivity index (χ3v) is 7.18. The summed E-state index contributed by atoms with van der Waals surface area (Å²) in [5.74, 6) is -4.06. The van der Waals surface area contributed by atoms with Gasteiger partial charge in [0, 0.05) is 37.8 Å². The van der Waals surface area contributed by atoms with E-state index in [0.29, 0.717) is 51.2 Å². The number of alkyl halides is 2. The number of rotatable bonds is 5. The Labute approximate surface area is 187 Å². The van der Waals surface area contributed by atoms with Crippen molar-refractivity contribution in [1.29, 1.82) is 0 Å². The third kappa shape index (κ3) is 5.34. The zero-order chi connectivity index (χ0) is 22.7. The summed E-state index contributed by atoms with van der Waals surface area (Å²) in [6.45, 7) is 1.39. The van der Waals surface area contributed by atoms with Crippen LogP contribution in [0.1, 0.15) is 55.6 Å². The fourth-order valence-corrected chi connectivity index (χ4v) is 5.08. The fourth-order valence-electron chi connectivity index (χ4n) is 5.08. The number of likely N-dealkylation sites (tertiary alicyclic amines) is 1. The molecule has 2 unspecified atom stereocenters. The molecule has 3 heterocycles. The van der Waals surface area contributed by atoms with Gasteiger partial charge in [0.15, 0.2) is 0 Å². The van der Waals surface area contributed by atoms with Crippen LogP contribution < -0.4 is 10.6 Å². The average Bonchev–Trinajstić information content (AvgIpc) is 2.78. The Morgan fingerprint density at radius 1 is 1.06 bits per heavy atom. The largest absolute Gasteiger partial charge is 0.343 e. The fraction of sp³-hybridized carbons (Fsp3) is 0.625. The Kier molecular flexibility index (Phi) is 6.88. The van der Waals surface area contributed by atoms with Crippen LogP contribution in [-0.2, 0) is 20.8 Å². The Bertz CT molecular complexity index is 851. The molecule has 3 aliphatic heterocycles. The van der Waals surface area contributed by atoms with Crippen LogP contribution in [0.4, 0.5) is 8.78 Å². The van der Waals surface area contributed by atoms with Crippen LogP contribution in [0, 0.1) is 11.8 Å². The van der Waals surface area contributed by atoms with Crippen LogP contribution in [0.5, 0.6) is 0 Å². The number of hydrogen-bond donors (Lipinski definition) is 2. The maximum Gasteiger partial charge on any atom is 0.263 e. The number of carbonyl (C=O) groups excluding carboxylic acids is 3. The Hall–Kier alpha value is -2.35. The van der Waals surface area contributed by atoms with E-state index < -0.39 is 11.8 Å². The molecule has 174 valence electrons. The summed E-state index contributed by atoms with van der Waals surface area (Å²) < 4.78 is 28.1. The molecule has 0 radical (unpaired) electrons. The molecule has 0 aromatic heterocycles.